The Labute approximate surface area is 104 Å². The molecule has 0 bridgehead atoms. The highest BCUT2D eigenvalue weighted by Crippen LogP contribution is 2.10. The van der Waals surface area contributed by atoms with Gasteiger partial charge in [0.15, 0.2) is 0 Å². The number of hydrogen-bond acceptors (Lipinski definition) is 3. The standard InChI is InChI=1S/C10H10O3.2C2H6/c1-2-7-13-10(12)8-3-5-9(11)6-4-8;2*1-2/h2-6,11H,1,7H2;2*1-2H3. The topological polar surface area (TPSA) is 46.5 Å². The summed E-state index contributed by atoms with van der Waals surface area (Å²) < 4.78 is 4.78. The predicted octanol–water partition coefficient (Wildman–Crippen LogP) is 3.79. The molecular formula is C14H22O3. The lowest BCUT2D eigenvalue weighted by Crippen LogP contribution is -2.04. The number of carbonyl (C=O) groups is 1. The molecular weight excluding hydrogens is 216 g/mol. The van der Waals surface area contributed by atoms with E-state index in [9.17, 15) is 4.79 Å². The van der Waals surface area contributed by atoms with Gasteiger partial charge in [-0.1, -0.05) is 40.3 Å². The van der Waals surface area contributed by atoms with Crippen LogP contribution in [-0.2, 0) is 4.74 Å². The second kappa shape index (κ2) is 12.3. The summed E-state index contributed by atoms with van der Waals surface area (Å²) in [4.78, 5) is 11.2. The molecule has 1 N–H and O–H groups in total. The fourth-order valence-electron chi connectivity index (χ4n) is 0.815. The second-order valence-electron chi connectivity index (χ2n) is 2.43. The van der Waals surface area contributed by atoms with E-state index in [1.807, 2.05) is 27.7 Å². The molecule has 0 spiro atoms. The van der Waals surface area contributed by atoms with Crippen LogP contribution in [0.3, 0.4) is 0 Å². The Bertz CT molecular complexity index is 302. The molecule has 1 aromatic carbocycles. The number of phenolic OH excluding ortho intramolecular Hbond substituents is 1. The van der Waals surface area contributed by atoms with E-state index in [1.165, 1.54) is 30.3 Å². The summed E-state index contributed by atoms with van der Waals surface area (Å²) in [5, 5.41) is 8.95. The number of aromatic hydroxyl groups is 1. The molecule has 1 rings (SSSR count). The Balaban J connectivity index is 0. The number of benzene rings is 1. The third-order valence-corrected chi connectivity index (χ3v) is 1.44. The first kappa shape index (κ1) is 17.6. The van der Waals surface area contributed by atoms with E-state index in [2.05, 4.69) is 6.58 Å². The first-order valence-corrected chi connectivity index (χ1v) is 5.81. The zero-order valence-electron chi connectivity index (χ0n) is 11.1. The fourth-order valence-corrected chi connectivity index (χ4v) is 0.815. The van der Waals surface area contributed by atoms with Crippen molar-refractivity contribution < 1.29 is 14.6 Å². The van der Waals surface area contributed by atoms with Crippen LogP contribution in [0.5, 0.6) is 5.75 Å². The van der Waals surface area contributed by atoms with Crippen LogP contribution in [-0.4, -0.2) is 17.7 Å². The predicted molar refractivity (Wildman–Crippen MR) is 71.3 cm³/mol. The highest BCUT2D eigenvalue weighted by molar-refractivity contribution is 5.89. The molecule has 0 aromatic heterocycles. The molecule has 0 atom stereocenters. The van der Waals surface area contributed by atoms with Crippen LogP contribution in [0.15, 0.2) is 36.9 Å². The molecule has 0 aliphatic carbocycles. The zero-order chi connectivity index (χ0) is 13.7. The highest BCUT2D eigenvalue weighted by atomic mass is 16.5. The Morgan fingerprint density at radius 1 is 1.24 bits per heavy atom. The first-order chi connectivity index (χ1) is 8.24. The average molecular weight is 238 g/mol. The van der Waals surface area contributed by atoms with E-state index in [0.29, 0.717) is 5.56 Å². The van der Waals surface area contributed by atoms with Gasteiger partial charge in [0.25, 0.3) is 0 Å². The minimum atomic E-state index is -0.417. The summed E-state index contributed by atoms with van der Waals surface area (Å²) in [5.41, 5.74) is 0.416. The molecule has 0 fully saturated rings. The summed E-state index contributed by atoms with van der Waals surface area (Å²) in [6.07, 6.45) is 1.50. The van der Waals surface area contributed by atoms with Crippen molar-refractivity contribution in [2.45, 2.75) is 27.7 Å². The number of hydrogen-bond donors (Lipinski definition) is 1. The molecule has 0 radical (unpaired) electrons. The van der Waals surface area contributed by atoms with Gasteiger partial charge >= 0.3 is 5.97 Å². The lowest BCUT2D eigenvalue weighted by atomic mass is 10.2. The summed E-state index contributed by atoms with van der Waals surface area (Å²) >= 11 is 0. The number of ether oxygens (including phenoxy) is 1. The highest BCUT2D eigenvalue weighted by Gasteiger charge is 2.04. The molecule has 17 heavy (non-hydrogen) atoms. The first-order valence-electron chi connectivity index (χ1n) is 5.81. The van der Waals surface area contributed by atoms with Crippen LogP contribution in [0.25, 0.3) is 0 Å². The maximum Gasteiger partial charge on any atom is 0.338 e. The van der Waals surface area contributed by atoms with Crippen LogP contribution < -0.4 is 0 Å². The van der Waals surface area contributed by atoms with Gasteiger partial charge in [0.05, 0.1) is 5.56 Å². The van der Waals surface area contributed by atoms with Gasteiger partial charge in [-0.25, -0.2) is 4.79 Å². The van der Waals surface area contributed by atoms with Gasteiger partial charge in [0, 0.05) is 0 Å². The monoisotopic (exact) mass is 238 g/mol. The van der Waals surface area contributed by atoms with Crippen molar-refractivity contribution in [2.24, 2.45) is 0 Å². The fraction of sp³-hybridized carbons (Fsp3) is 0.357. The Morgan fingerprint density at radius 3 is 2.12 bits per heavy atom. The van der Waals surface area contributed by atoms with Crippen LogP contribution >= 0.6 is 0 Å². The maximum atomic E-state index is 11.2. The van der Waals surface area contributed by atoms with Crippen molar-refractivity contribution in [2.75, 3.05) is 6.61 Å². The van der Waals surface area contributed by atoms with Crippen molar-refractivity contribution >= 4 is 5.97 Å². The molecule has 0 aliphatic rings. The van der Waals surface area contributed by atoms with Crippen molar-refractivity contribution in [3.05, 3.63) is 42.5 Å². The summed E-state index contributed by atoms with van der Waals surface area (Å²) in [6.45, 7) is 11.6. The van der Waals surface area contributed by atoms with Crippen LogP contribution in [0.2, 0.25) is 0 Å². The lowest BCUT2D eigenvalue weighted by Gasteiger charge is -2.00. The smallest absolute Gasteiger partial charge is 0.338 e. The van der Waals surface area contributed by atoms with Crippen molar-refractivity contribution in [1.82, 2.24) is 0 Å². The largest absolute Gasteiger partial charge is 0.508 e. The number of esters is 1. The van der Waals surface area contributed by atoms with Gasteiger partial charge in [-0.05, 0) is 24.3 Å². The van der Waals surface area contributed by atoms with Gasteiger partial charge in [-0.15, -0.1) is 0 Å². The minimum Gasteiger partial charge on any atom is -0.508 e. The molecule has 0 saturated carbocycles. The summed E-state index contributed by atoms with van der Waals surface area (Å²) in [5.74, 6) is -0.292. The molecule has 0 saturated heterocycles. The van der Waals surface area contributed by atoms with E-state index >= 15 is 0 Å². The van der Waals surface area contributed by atoms with Crippen molar-refractivity contribution in [3.63, 3.8) is 0 Å². The molecule has 3 heteroatoms. The summed E-state index contributed by atoms with van der Waals surface area (Å²) in [6, 6.07) is 5.87. The Morgan fingerprint density at radius 2 is 1.71 bits per heavy atom. The van der Waals surface area contributed by atoms with E-state index in [1.54, 1.807) is 0 Å². The maximum absolute atomic E-state index is 11.2. The third-order valence-electron chi connectivity index (χ3n) is 1.44. The quantitative estimate of drug-likeness (QED) is 0.643. The molecule has 96 valence electrons. The molecule has 1 aromatic rings. The average Bonchev–Trinajstić information content (AvgIpc) is 2.41. The van der Waals surface area contributed by atoms with Crippen molar-refractivity contribution in [3.8, 4) is 5.75 Å². The minimum absolute atomic E-state index is 0.125. The van der Waals surface area contributed by atoms with Gasteiger partial charge in [0.1, 0.15) is 12.4 Å². The Kier molecular flexibility index (Phi) is 12.7. The van der Waals surface area contributed by atoms with E-state index in [-0.39, 0.29) is 12.4 Å². The molecule has 0 unspecified atom stereocenters. The molecule has 0 aliphatic heterocycles. The third kappa shape index (κ3) is 8.08. The number of rotatable bonds is 3. The van der Waals surface area contributed by atoms with Crippen LogP contribution in [0.4, 0.5) is 0 Å². The Hall–Kier alpha value is -1.77. The van der Waals surface area contributed by atoms with Gasteiger partial charge in [-0.3, -0.25) is 0 Å². The molecule has 3 nitrogen and oxygen atoms in total. The van der Waals surface area contributed by atoms with Gasteiger partial charge in [0.2, 0.25) is 0 Å². The summed E-state index contributed by atoms with van der Waals surface area (Å²) in [7, 11) is 0. The second-order valence-corrected chi connectivity index (χ2v) is 2.43. The van der Waals surface area contributed by atoms with E-state index < -0.39 is 5.97 Å². The number of carbonyl (C=O) groups excluding carboxylic acids is 1. The van der Waals surface area contributed by atoms with E-state index in [4.69, 9.17) is 9.84 Å². The zero-order valence-corrected chi connectivity index (χ0v) is 11.1. The van der Waals surface area contributed by atoms with E-state index in [0.717, 1.165) is 0 Å². The van der Waals surface area contributed by atoms with Crippen LogP contribution in [0.1, 0.15) is 38.1 Å². The van der Waals surface area contributed by atoms with Gasteiger partial charge < -0.3 is 9.84 Å². The van der Waals surface area contributed by atoms with Crippen molar-refractivity contribution in [1.29, 1.82) is 0 Å². The van der Waals surface area contributed by atoms with Crippen LogP contribution in [0, 0.1) is 0 Å². The normalized spacial score (nSPS) is 7.76. The molecule has 0 amide bonds. The molecule has 0 heterocycles. The SMILES string of the molecule is C=CCOC(=O)c1ccc(O)cc1.CC.CC. The van der Waals surface area contributed by atoms with Gasteiger partial charge in [-0.2, -0.15) is 0 Å². The number of phenols is 1. The lowest BCUT2D eigenvalue weighted by molar-refractivity contribution is 0.0550.